The predicted octanol–water partition coefficient (Wildman–Crippen LogP) is 4.17. The predicted molar refractivity (Wildman–Crippen MR) is 101 cm³/mol. The van der Waals surface area contributed by atoms with Gasteiger partial charge in [0.2, 0.25) is 0 Å². The van der Waals surface area contributed by atoms with Crippen molar-refractivity contribution in [2.75, 3.05) is 26.1 Å². The Balaban J connectivity index is 2.20. The largest absolute Gasteiger partial charge is 0.497 e. The Morgan fingerprint density at radius 2 is 1.92 bits per heavy atom. The molecular formula is C20H20N2O4. The van der Waals surface area contributed by atoms with Gasteiger partial charge in [-0.2, -0.15) is 0 Å². The van der Waals surface area contributed by atoms with Crippen LogP contribution in [0.1, 0.15) is 17.3 Å². The van der Waals surface area contributed by atoms with Crippen molar-refractivity contribution in [3.05, 3.63) is 54.2 Å². The van der Waals surface area contributed by atoms with E-state index in [1.165, 1.54) is 6.20 Å². The Hall–Kier alpha value is -3.28. The van der Waals surface area contributed by atoms with Crippen LogP contribution in [-0.4, -0.2) is 31.8 Å². The molecule has 1 aromatic heterocycles. The van der Waals surface area contributed by atoms with Crippen LogP contribution in [-0.2, 0) is 4.74 Å². The van der Waals surface area contributed by atoms with Crippen LogP contribution in [0.15, 0.2) is 48.7 Å². The van der Waals surface area contributed by atoms with E-state index >= 15 is 0 Å². The highest BCUT2D eigenvalue weighted by Crippen LogP contribution is 2.35. The molecule has 6 nitrogen and oxygen atoms in total. The molecule has 0 radical (unpaired) electrons. The number of para-hydroxylation sites is 2. The maximum atomic E-state index is 12.4. The second-order valence-electron chi connectivity index (χ2n) is 5.48. The minimum atomic E-state index is -0.442. The maximum absolute atomic E-state index is 12.4. The summed E-state index contributed by atoms with van der Waals surface area (Å²) in [6.45, 7) is 2.05. The van der Waals surface area contributed by atoms with E-state index in [4.69, 9.17) is 14.2 Å². The summed E-state index contributed by atoms with van der Waals surface area (Å²) in [6, 6.07) is 13.0. The number of hydrogen-bond donors (Lipinski definition) is 1. The lowest BCUT2D eigenvalue weighted by atomic mass is 10.1. The van der Waals surface area contributed by atoms with Gasteiger partial charge in [-0.15, -0.1) is 0 Å². The molecule has 0 unspecified atom stereocenters. The van der Waals surface area contributed by atoms with Gasteiger partial charge in [-0.1, -0.05) is 12.1 Å². The van der Waals surface area contributed by atoms with Crippen molar-refractivity contribution in [2.45, 2.75) is 6.92 Å². The summed E-state index contributed by atoms with van der Waals surface area (Å²) in [5.74, 6) is 0.890. The molecule has 0 saturated carbocycles. The van der Waals surface area contributed by atoms with Gasteiger partial charge in [0.1, 0.15) is 17.1 Å². The molecule has 0 atom stereocenters. The topological polar surface area (TPSA) is 69.7 Å². The molecule has 2 aromatic carbocycles. The highest BCUT2D eigenvalue weighted by molar-refractivity contribution is 6.06. The number of hydrogen-bond acceptors (Lipinski definition) is 6. The Morgan fingerprint density at radius 1 is 1.12 bits per heavy atom. The monoisotopic (exact) mass is 352 g/mol. The maximum Gasteiger partial charge on any atom is 0.341 e. The van der Waals surface area contributed by atoms with Gasteiger partial charge < -0.3 is 19.5 Å². The molecule has 3 rings (SSSR count). The molecule has 0 aliphatic carbocycles. The highest BCUT2D eigenvalue weighted by atomic mass is 16.5. The number of benzene rings is 2. The Bertz CT molecular complexity index is 940. The number of esters is 1. The quantitative estimate of drug-likeness (QED) is 0.672. The number of carbonyl (C=O) groups excluding carboxylic acids is 1. The van der Waals surface area contributed by atoms with E-state index < -0.39 is 5.97 Å². The van der Waals surface area contributed by atoms with Gasteiger partial charge in [0, 0.05) is 11.6 Å². The highest BCUT2D eigenvalue weighted by Gasteiger charge is 2.18. The number of rotatable bonds is 6. The summed E-state index contributed by atoms with van der Waals surface area (Å²) in [4.78, 5) is 16.8. The zero-order valence-electron chi connectivity index (χ0n) is 14.9. The first-order valence-electron chi connectivity index (χ1n) is 8.21. The van der Waals surface area contributed by atoms with E-state index in [1.54, 1.807) is 21.1 Å². The van der Waals surface area contributed by atoms with E-state index in [0.717, 1.165) is 16.6 Å². The van der Waals surface area contributed by atoms with Crippen molar-refractivity contribution in [3.8, 4) is 11.5 Å². The number of fused-ring (bicyclic) bond motifs is 1. The lowest BCUT2D eigenvalue weighted by Gasteiger charge is -2.16. The van der Waals surface area contributed by atoms with E-state index in [9.17, 15) is 4.79 Å². The Morgan fingerprint density at radius 3 is 2.65 bits per heavy atom. The molecule has 0 saturated heterocycles. The molecule has 6 heteroatoms. The third-order valence-corrected chi connectivity index (χ3v) is 3.94. The fourth-order valence-corrected chi connectivity index (χ4v) is 2.68. The number of methoxy groups -OCH3 is 2. The smallest absolute Gasteiger partial charge is 0.341 e. The number of ether oxygens (including phenoxy) is 3. The minimum absolute atomic E-state index is 0.281. The number of aromatic nitrogens is 1. The van der Waals surface area contributed by atoms with Crippen molar-refractivity contribution in [1.29, 1.82) is 0 Å². The van der Waals surface area contributed by atoms with Crippen molar-refractivity contribution >= 4 is 28.2 Å². The summed E-state index contributed by atoms with van der Waals surface area (Å²) in [6.07, 6.45) is 1.52. The minimum Gasteiger partial charge on any atom is -0.497 e. The normalized spacial score (nSPS) is 10.4. The molecule has 26 heavy (non-hydrogen) atoms. The lowest BCUT2D eigenvalue weighted by molar-refractivity contribution is 0.0527. The van der Waals surface area contributed by atoms with Crippen LogP contribution in [0.4, 0.5) is 11.4 Å². The number of carbonyl (C=O) groups is 1. The molecule has 1 heterocycles. The average molecular weight is 352 g/mol. The lowest BCUT2D eigenvalue weighted by Crippen LogP contribution is -2.09. The van der Waals surface area contributed by atoms with Crippen LogP contribution < -0.4 is 14.8 Å². The van der Waals surface area contributed by atoms with E-state index in [1.807, 2.05) is 42.5 Å². The SMILES string of the molecule is CCOC(=O)c1cnc2ccc(OC)cc2c1Nc1ccccc1OC. The van der Waals surface area contributed by atoms with Gasteiger partial charge in [-0.05, 0) is 37.3 Å². The molecule has 134 valence electrons. The first kappa shape index (κ1) is 17.5. The third-order valence-electron chi connectivity index (χ3n) is 3.94. The van der Waals surface area contributed by atoms with Gasteiger partial charge in [0.15, 0.2) is 0 Å². The molecule has 1 N–H and O–H groups in total. The van der Waals surface area contributed by atoms with Gasteiger partial charge >= 0.3 is 5.97 Å². The Kier molecular flexibility index (Phi) is 5.22. The standard InChI is InChI=1S/C20H20N2O4/c1-4-26-20(23)15-12-21-16-10-9-13(24-2)11-14(16)19(15)22-17-7-5-6-8-18(17)25-3/h5-12H,4H2,1-3H3,(H,21,22). The van der Waals surface area contributed by atoms with Gasteiger partial charge in [-0.25, -0.2) is 4.79 Å². The fraction of sp³-hybridized carbons (Fsp3) is 0.200. The molecule has 0 aliphatic rings. The fourth-order valence-electron chi connectivity index (χ4n) is 2.68. The number of pyridine rings is 1. The van der Waals surface area contributed by atoms with Crippen LogP contribution in [0.2, 0.25) is 0 Å². The molecular weight excluding hydrogens is 332 g/mol. The van der Waals surface area contributed by atoms with Crippen molar-refractivity contribution < 1.29 is 19.0 Å². The van der Waals surface area contributed by atoms with Crippen LogP contribution >= 0.6 is 0 Å². The molecule has 0 aliphatic heterocycles. The zero-order valence-corrected chi connectivity index (χ0v) is 14.9. The molecule has 0 bridgehead atoms. The zero-order chi connectivity index (χ0) is 18.5. The summed E-state index contributed by atoms with van der Waals surface area (Å²) in [5, 5.41) is 4.06. The Labute approximate surface area is 151 Å². The van der Waals surface area contributed by atoms with Gasteiger partial charge in [0.05, 0.1) is 37.7 Å². The van der Waals surface area contributed by atoms with Crippen molar-refractivity contribution in [3.63, 3.8) is 0 Å². The second-order valence-corrected chi connectivity index (χ2v) is 5.48. The third kappa shape index (κ3) is 3.39. The molecule has 3 aromatic rings. The number of nitrogens with one attached hydrogen (secondary N) is 1. The van der Waals surface area contributed by atoms with E-state index in [0.29, 0.717) is 22.7 Å². The van der Waals surface area contributed by atoms with Crippen LogP contribution in [0.5, 0.6) is 11.5 Å². The average Bonchev–Trinajstić information content (AvgIpc) is 2.68. The number of nitrogens with zero attached hydrogens (tertiary/aromatic N) is 1. The van der Waals surface area contributed by atoms with Gasteiger partial charge in [0.25, 0.3) is 0 Å². The van der Waals surface area contributed by atoms with Crippen LogP contribution in [0.3, 0.4) is 0 Å². The van der Waals surface area contributed by atoms with E-state index in [2.05, 4.69) is 10.3 Å². The summed E-state index contributed by atoms with van der Waals surface area (Å²) in [5.41, 5.74) is 2.41. The number of anilines is 2. The molecule has 0 fully saturated rings. The van der Waals surface area contributed by atoms with Crippen molar-refractivity contribution in [2.24, 2.45) is 0 Å². The first-order valence-corrected chi connectivity index (χ1v) is 8.21. The van der Waals surface area contributed by atoms with Crippen molar-refractivity contribution in [1.82, 2.24) is 4.98 Å². The van der Waals surface area contributed by atoms with Gasteiger partial charge in [-0.3, -0.25) is 4.98 Å². The summed E-state index contributed by atoms with van der Waals surface area (Å²) >= 11 is 0. The second kappa shape index (κ2) is 7.74. The summed E-state index contributed by atoms with van der Waals surface area (Å²) < 4.78 is 15.9. The first-order chi connectivity index (χ1) is 12.7. The van der Waals surface area contributed by atoms with Crippen LogP contribution in [0, 0.1) is 0 Å². The summed E-state index contributed by atoms with van der Waals surface area (Å²) in [7, 11) is 3.19. The van der Waals surface area contributed by atoms with E-state index in [-0.39, 0.29) is 6.61 Å². The molecule has 0 amide bonds. The molecule has 0 spiro atoms. The van der Waals surface area contributed by atoms with Crippen LogP contribution in [0.25, 0.3) is 10.9 Å².